The molecule has 0 aromatic carbocycles. The monoisotopic (exact) mass is 234 g/mol. The Hall–Kier alpha value is -0.300. The molecular weight excluding hydrogens is 232 g/mol. The zero-order chi connectivity index (χ0) is 10.9. The van der Waals surface area contributed by atoms with Gasteiger partial charge >= 0.3 is 20.0 Å². The van der Waals surface area contributed by atoms with Crippen molar-refractivity contribution in [2.75, 3.05) is 6.67 Å². The summed E-state index contributed by atoms with van der Waals surface area (Å²) < 4.78 is 92.2. The van der Waals surface area contributed by atoms with E-state index in [9.17, 15) is 34.9 Å². The highest BCUT2D eigenvalue weighted by atomic mass is 31.2. The van der Waals surface area contributed by atoms with Crippen molar-refractivity contribution in [3.05, 3.63) is 0 Å². The summed E-state index contributed by atoms with van der Waals surface area (Å²) in [6, 6.07) is 0. The molecule has 0 fully saturated rings. The number of hydrogen-bond donors (Lipinski definition) is 0. The summed E-state index contributed by atoms with van der Waals surface area (Å²) in [6.45, 7) is -2.89. The molecule has 80 valence electrons. The fraction of sp³-hybridized carbons (Fsp3) is 1.00. The Morgan fingerprint density at radius 2 is 1.54 bits per heavy atom. The Labute approximate surface area is 67.4 Å². The Morgan fingerprint density at radius 1 is 1.15 bits per heavy atom. The first kappa shape index (κ1) is 12.7. The molecule has 0 saturated carbocycles. The highest BCUT2D eigenvalue weighted by molar-refractivity contribution is 7.47. The van der Waals surface area contributed by atoms with Crippen LogP contribution in [-0.2, 0) is 9.09 Å². The normalized spacial score (nSPS) is 18.4. The average molecular weight is 234 g/mol. The summed E-state index contributed by atoms with van der Waals surface area (Å²) in [5.74, 6) is -5.22. The zero-order valence-electron chi connectivity index (χ0n) is 5.62. The van der Waals surface area contributed by atoms with E-state index in [1.807, 2.05) is 0 Å². The van der Waals surface area contributed by atoms with E-state index < -0.39 is 26.7 Å². The standard InChI is InChI=1S/C3H2F7O2P/c4-1-2(5,3(6,7)8)12-13(9,10)11/h1H2. The van der Waals surface area contributed by atoms with Crippen molar-refractivity contribution in [2.45, 2.75) is 12.0 Å². The van der Waals surface area contributed by atoms with Crippen molar-refractivity contribution >= 4 is 7.99 Å². The minimum absolute atomic E-state index is 2.19. The minimum atomic E-state index is -6.74. The van der Waals surface area contributed by atoms with Crippen LogP contribution < -0.4 is 0 Å². The lowest BCUT2D eigenvalue weighted by Crippen LogP contribution is -2.44. The topological polar surface area (TPSA) is 26.3 Å². The first-order chi connectivity index (χ1) is 5.52. The zero-order valence-corrected chi connectivity index (χ0v) is 6.51. The largest absolute Gasteiger partial charge is 0.555 e. The fourth-order valence-corrected chi connectivity index (χ4v) is 0.810. The fourth-order valence-electron chi connectivity index (χ4n) is 0.320. The van der Waals surface area contributed by atoms with Crippen molar-refractivity contribution in [1.29, 1.82) is 0 Å². The van der Waals surface area contributed by atoms with E-state index in [0.717, 1.165) is 0 Å². The van der Waals surface area contributed by atoms with Crippen LogP contribution in [0.1, 0.15) is 0 Å². The van der Waals surface area contributed by atoms with Gasteiger partial charge in [-0.1, -0.05) is 0 Å². The van der Waals surface area contributed by atoms with Gasteiger partial charge in [-0.15, -0.1) is 8.39 Å². The van der Waals surface area contributed by atoms with Crippen LogP contribution in [0.4, 0.5) is 30.3 Å². The summed E-state index contributed by atoms with van der Waals surface area (Å²) in [5, 5.41) is 0. The van der Waals surface area contributed by atoms with Gasteiger partial charge in [0.2, 0.25) is 0 Å². The molecule has 0 aromatic heterocycles. The molecule has 0 aliphatic carbocycles. The van der Waals surface area contributed by atoms with Gasteiger partial charge in [0.15, 0.2) is 6.67 Å². The molecule has 2 nitrogen and oxygen atoms in total. The van der Waals surface area contributed by atoms with Crippen LogP contribution in [0.2, 0.25) is 0 Å². The van der Waals surface area contributed by atoms with Crippen LogP contribution in [0.5, 0.6) is 0 Å². The summed E-state index contributed by atoms with van der Waals surface area (Å²) in [5.41, 5.74) is 0. The predicted octanol–water partition coefficient (Wildman–Crippen LogP) is 3.25. The van der Waals surface area contributed by atoms with Gasteiger partial charge in [0, 0.05) is 0 Å². The van der Waals surface area contributed by atoms with E-state index in [2.05, 4.69) is 4.52 Å². The van der Waals surface area contributed by atoms with Crippen molar-refractivity contribution in [3.63, 3.8) is 0 Å². The Balaban J connectivity index is 4.77. The van der Waals surface area contributed by atoms with Crippen molar-refractivity contribution in [1.82, 2.24) is 0 Å². The van der Waals surface area contributed by atoms with Gasteiger partial charge in [0.1, 0.15) is 0 Å². The lowest BCUT2D eigenvalue weighted by molar-refractivity contribution is -0.308. The van der Waals surface area contributed by atoms with Gasteiger partial charge in [-0.3, -0.25) is 0 Å². The SMILES string of the molecule is O=P(F)(F)OC(F)(CF)C(F)(F)F. The highest BCUT2D eigenvalue weighted by Crippen LogP contribution is 2.56. The molecule has 1 atom stereocenters. The van der Waals surface area contributed by atoms with E-state index in [0.29, 0.717) is 0 Å². The van der Waals surface area contributed by atoms with E-state index >= 15 is 0 Å². The number of halogens is 7. The van der Waals surface area contributed by atoms with E-state index in [1.54, 1.807) is 0 Å². The van der Waals surface area contributed by atoms with Gasteiger partial charge in [0.25, 0.3) is 0 Å². The second kappa shape index (κ2) is 3.45. The molecule has 0 rings (SSSR count). The first-order valence-electron chi connectivity index (χ1n) is 2.53. The van der Waals surface area contributed by atoms with Crippen LogP contribution in [0, 0.1) is 0 Å². The van der Waals surface area contributed by atoms with Gasteiger partial charge in [-0.2, -0.15) is 17.6 Å². The van der Waals surface area contributed by atoms with E-state index in [1.165, 1.54) is 0 Å². The Bertz CT molecular complexity index is 220. The molecule has 0 amide bonds. The lowest BCUT2D eigenvalue weighted by atomic mass is 10.3. The quantitative estimate of drug-likeness (QED) is 0.553. The minimum Gasteiger partial charge on any atom is -0.244 e. The average Bonchev–Trinajstić information content (AvgIpc) is 1.81. The maximum Gasteiger partial charge on any atom is 0.555 e. The molecule has 0 heterocycles. The molecular formula is C3H2F7O2P. The van der Waals surface area contributed by atoms with Gasteiger partial charge in [0.05, 0.1) is 0 Å². The third-order valence-electron chi connectivity index (χ3n) is 0.846. The maximum atomic E-state index is 12.1. The van der Waals surface area contributed by atoms with Crippen LogP contribution in [0.25, 0.3) is 0 Å². The van der Waals surface area contributed by atoms with Crippen LogP contribution in [-0.4, -0.2) is 18.7 Å². The third kappa shape index (κ3) is 3.51. The molecule has 0 radical (unpaired) electrons. The molecule has 13 heavy (non-hydrogen) atoms. The van der Waals surface area contributed by atoms with Crippen molar-refractivity contribution in [2.24, 2.45) is 0 Å². The summed E-state index contributed by atoms with van der Waals surface area (Å²) in [7, 11) is -6.74. The molecule has 0 N–H and O–H groups in total. The smallest absolute Gasteiger partial charge is 0.244 e. The number of alkyl halides is 5. The van der Waals surface area contributed by atoms with Crippen molar-refractivity contribution in [3.8, 4) is 0 Å². The maximum absolute atomic E-state index is 12.1. The van der Waals surface area contributed by atoms with Crippen LogP contribution in [0.3, 0.4) is 0 Å². The Kier molecular flexibility index (Phi) is 3.37. The van der Waals surface area contributed by atoms with Crippen LogP contribution >= 0.6 is 7.99 Å². The second-order valence-corrected chi connectivity index (χ2v) is 2.88. The molecule has 0 aromatic rings. The third-order valence-corrected chi connectivity index (χ3v) is 1.35. The number of rotatable bonds is 3. The van der Waals surface area contributed by atoms with E-state index in [-0.39, 0.29) is 0 Å². The molecule has 0 aliphatic rings. The van der Waals surface area contributed by atoms with Gasteiger partial charge in [-0.25, -0.2) is 13.5 Å². The lowest BCUT2D eigenvalue weighted by Gasteiger charge is -2.23. The van der Waals surface area contributed by atoms with Gasteiger partial charge < -0.3 is 0 Å². The molecule has 0 bridgehead atoms. The molecule has 0 saturated heterocycles. The summed E-state index contributed by atoms with van der Waals surface area (Å²) in [6.07, 6.45) is -6.00. The second-order valence-electron chi connectivity index (χ2n) is 1.87. The van der Waals surface area contributed by atoms with E-state index in [4.69, 9.17) is 0 Å². The predicted molar refractivity (Wildman–Crippen MR) is 26.8 cm³/mol. The number of hydrogen-bond acceptors (Lipinski definition) is 2. The van der Waals surface area contributed by atoms with Crippen LogP contribution in [0.15, 0.2) is 0 Å². The summed E-state index contributed by atoms with van der Waals surface area (Å²) >= 11 is 0. The van der Waals surface area contributed by atoms with Crippen molar-refractivity contribution < 1.29 is 39.4 Å². The summed E-state index contributed by atoms with van der Waals surface area (Å²) in [4.78, 5) is 0. The molecule has 1 unspecified atom stereocenters. The molecule has 0 aliphatic heterocycles. The first-order valence-corrected chi connectivity index (χ1v) is 3.94. The molecule has 0 spiro atoms. The Morgan fingerprint density at radius 3 is 1.62 bits per heavy atom. The van der Waals surface area contributed by atoms with Gasteiger partial charge in [-0.05, 0) is 0 Å². The molecule has 10 heteroatoms. The highest BCUT2D eigenvalue weighted by Gasteiger charge is 2.62.